The Hall–Kier alpha value is -8.83. The second kappa shape index (κ2) is 14.8. The van der Waals surface area contributed by atoms with E-state index in [1.165, 1.54) is 65.4 Å². The lowest BCUT2D eigenvalue weighted by Gasteiger charge is -2.40. The van der Waals surface area contributed by atoms with Crippen LogP contribution in [0.4, 0.5) is 17.1 Å². The first-order chi connectivity index (χ1) is 35.7. The number of hydrogen-bond acceptors (Lipinski definition) is 4. The van der Waals surface area contributed by atoms with Crippen LogP contribution in [0.3, 0.4) is 0 Å². The van der Waals surface area contributed by atoms with Gasteiger partial charge in [0.15, 0.2) is 0 Å². The van der Waals surface area contributed by atoms with Crippen LogP contribution in [0.25, 0.3) is 55.3 Å². The fourth-order valence-electron chi connectivity index (χ4n) is 13.3. The van der Waals surface area contributed by atoms with Crippen molar-refractivity contribution >= 4 is 50.8 Å². The number of para-hydroxylation sites is 3. The number of fused-ring (bicyclic) bond motifs is 21. The monoisotopic (exact) mass is 935 g/mol. The van der Waals surface area contributed by atoms with E-state index in [2.05, 4.69) is 248 Å². The van der Waals surface area contributed by atoms with Crippen molar-refractivity contribution in [1.82, 2.24) is 0 Å². The average Bonchev–Trinajstić information content (AvgIpc) is 4.07. The predicted molar refractivity (Wildman–Crippen MR) is 293 cm³/mol. The van der Waals surface area contributed by atoms with Gasteiger partial charge >= 0.3 is 0 Å². The van der Waals surface area contributed by atoms with Crippen molar-refractivity contribution < 1.29 is 9.15 Å². The molecular formula is C68H41NO2S. The molecule has 11 aromatic carbocycles. The second-order valence-electron chi connectivity index (χ2n) is 19.4. The maximum atomic E-state index is 6.76. The van der Waals surface area contributed by atoms with Gasteiger partial charge in [0, 0.05) is 48.6 Å². The van der Waals surface area contributed by atoms with Crippen molar-refractivity contribution in [1.29, 1.82) is 0 Å². The van der Waals surface area contributed by atoms with Gasteiger partial charge in [-0.3, -0.25) is 0 Å². The average molecular weight is 936 g/mol. The first kappa shape index (κ1) is 40.0. The van der Waals surface area contributed by atoms with E-state index in [-0.39, 0.29) is 0 Å². The lowest BCUT2D eigenvalue weighted by molar-refractivity contribution is 0.436. The molecule has 0 fully saturated rings. The van der Waals surface area contributed by atoms with E-state index in [4.69, 9.17) is 9.15 Å². The van der Waals surface area contributed by atoms with Crippen LogP contribution in [0.1, 0.15) is 44.5 Å². The Balaban J connectivity index is 0.978. The lowest BCUT2D eigenvalue weighted by atomic mass is 9.66. The summed E-state index contributed by atoms with van der Waals surface area (Å²) in [6.45, 7) is 0. The molecular weight excluding hydrogens is 895 g/mol. The SMILES string of the molecule is c1ccc2c(c1)Oc1ccccc1C21c2ccccc2-c2c(N(c3ccc(-c4cccc5oc6ccccc6c45)cc3)c3ccc4c(c3)C3(c5ccccc5Sc5ccccc53)c3ccccc3-4)cccc21. The Morgan fingerprint density at radius 2 is 0.861 bits per heavy atom. The van der Waals surface area contributed by atoms with Gasteiger partial charge in [0.25, 0.3) is 0 Å². The highest BCUT2D eigenvalue weighted by Gasteiger charge is 2.53. The zero-order chi connectivity index (χ0) is 47.1. The molecule has 1 aromatic heterocycles. The second-order valence-corrected chi connectivity index (χ2v) is 20.5. The maximum absolute atomic E-state index is 6.76. The molecule has 0 radical (unpaired) electrons. The van der Waals surface area contributed by atoms with E-state index in [0.717, 1.165) is 72.8 Å². The van der Waals surface area contributed by atoms with Gasteiger partial charge in [-0.05, 0) is 128 Å². The summed E-state index contributed by atoms with van der Waals surface area (Å²) in [5.41, 5.74) is 21.2. The van der Waals surface area contributed by atoms with Gasteiger partial charge in [-0.1, -0.05) is 194 Å². The highest BCUT2D eigenvalue weighted by Crippen LogP contribution is 2.66. The molecule has 0 saturated carbocycles. The predicted octanol–water partition coefficient (Wildman–Crippen LogP) is 18.0. The number of anilines is 3. The zero-order valence-corrected chi connectivity index (χ0v) is 39.7. The number of hydrogen-bond donors (Lipinski definition) is 0. The number of rotatable bonds is 4. The Morgan fingerprint density at radius 3 is 1.60 bits per heavy atom. The molecule has 336 valence electrons. The van der Waals surface area contributed by atoms with E-state index < -0.39 is 10.8 Å². The third-order valence-corrected chi connectivity index (χ3v) is 17.2. The molecule has 2 aliphatic heterocycles. The summed E-state index contributed by atoms with van der Waals surface area (Å²) < 4.78 is 13.1. The molecule has 4 aliphatic rings. The highest BCUT2D eigenvalue weighted by atomic mass is 32.2. The summed E-state index contributed by atoms with van der Waals surface area (Å²) in [5, 5.41) is 2.25. The van der Waals surface area contributed by atoms with Crippen LogP contribution in [0.2, 0.25) is 0 Å². The third kappa shape index (κ3) is 5.16. The quantitative estimate of drug-likeness (QED) is 0.176. The van der Waals surface area contributed by atoms with Crippen molar-refractivity contribution in [3.05, 3.63) is 293 Å². The molecule has 0 atom stereocenters. The molecule has 12 aromatic rings. The molecule has 2 spiro atoms. The molecule has 0 amide bonds. The minimum atomic E-state index is -0.619. The van der Waals surface area contributed by atoms with Gasteiger partial charge < -0.3 is 14.1 Å². The van der Waals surface area contributed by atoms with Gasteiger partial charge in [0.05, 0.1) is 16.5 Å². The van der Waals surface area contributed by atoms with Crippen molar-refractivity contribution in [2.45, 2.75) is 20.6 Å². The Morgan fingerprint density at radius 1 is 0.347 bits per heavy atom. The van der Waals surface area contributed by atoms with Crippen molar-refractivity contribution in [3.63, 3.8) is 0 Å². The summed E-state index contributed by atoms with van der Waals surface area (Å²) in [7, 11) is 0. The summed E-state index contributed by atoms with van der Waals surface area (Å²) in [6, 6.07) is 91.7. The number of ether oxygens (including phenoxy) is 1. The molecule has 0 unspecified atom stereocenters. The summed E-state index contributed by atoms with van der Waals surface area (Å²) in [5.74, 6) is 1.76. The topological polar surface area (TPSA) is 25.6 Å². The highest BCUT2D eigenvalue weighted by molar-refractivity contribution is 7.99. The minimum absolute atomic E-state index is 0.535. The standard InChI is InChI=1S/C68H41NO2S/c1-4-21-50-46(17-1)47-40-39-44(41-57(47)68(50)54-25-8-13-33-63(54)72-64-34-14-9-26-55(64)68)69(43-37-35-42(36-38-43)45-20-15-32-62-65(45)49-19-3-10-29-59(49)70-62)58-28-16-27-56-66(58)48-18-2-5-22-51(48)67(56)52-23-6-11-30-60(52)71-61-31-12-7-24-53(61)67/h1-41H. The molecule has 0 bridgehead atoms. The van der Waals surface area contributed by atoms with Crippen molar-refractivity contribution in [3.8, 4) is 44.9 Å². The van der Waals surface area contributed by atoms with Crippen LogP contribution in [0.15, 0.2) is 263 Å². The lowest BCUT2D eigenvalue weighted by Crippen LogP contribution is -2.32. The summed E-state index contributed by atoms with van der Waals surface area (Å²) >= 11 is 1.88. The number of benzene rings is 11. The summed E-state index contributed by atoms with van der Waals surface area (Å²) in [4.78, 5) is 5.10. The van der Waals surface area contributed by atoms with Crippen LogP contribution in [0.5, 0.6) is 11.5 Å². The molecule has 0 N–H and O–H groups in total. The normalized spacial score (nSPS) is 14.4. The van der Waals surface area contributed by atoms with Gasteiger partial charge in [0.2, 0.25) is 0 Å². The first-order valence-corrected chi connectivity index (χ1v) is 25.6. The molecule has 16 rings (SSSR count). The third-order valence-electron chi connectivity index (χ3n) is 16.0. The van der Waals surface area contributed by atoms with E-state index >= 15 is 0 Å². The molecule has 3 heterocycles. The molecule has 0 saturated heterocycles. The first-order valence-electron chi connectivity index (χ1n) is 24.7. The molecule has 3 nitrogen and oxygen atoms in total. The smallest absolute Gasteiger partial charge is 0.136 e. The van der Waals surface area contributed by atoms with Crippen LogP contribution in [-0.2, 0) is 10.8 Å². The van der Waals surface area contributed by atoms with Crippen molar-refractivity contribution in [2.75, 3.05) is 4.90 Å². The van der Waals surface area contributed by atoms with E-state index in [9.17, 15) is 0 Å². The molecule has 2 aliphatic carbocycles. The largest absolute Gasteiger partial charge is 0.457 e. The van der Waals surface area contributed by atoms with E-state index in [0.29, 0.717) is 0 Å². The van der Waals surface area contributed by atoms with E-state index in [1.54, 1.807) is 0 Å². The fraction of sp³-hybridized carbons (Fsp3) is 0.0294. The van der Waals surface area contributed by atoms with Crippen LogP contribution < -0.4 is 9.64 Å². The van der Waals surface area contributed by atoms with Crippen molar-refractivity contribution in [2.24, 2.45) is 0 Å². The van der Waals surface area contributed by atoms with Gasteiger partial charge in [-0.25, -0.2) is 0 Å². The number of nitrogens with zero attached hydrogens (tertiary/aromatic N) is 1. The minimum Gasteiger partial charge on any atom is -0.457 e. The van der Waals surface area contributed by atoms with Crippen LogP contribution >= 0.6 is 11.8 Å². The maximum Gasteiger partial charge on any atom is 0.136 e. The Labute approximate surface area is 421 Å². The number of furan rings is 1. The zero-order valence-electron chi connectivity index (χ0n) is 38.8. The molecule has 72 heavy (non-hydrogen) atoms. The van der Waals surface area contributed by atoms with Crippen LogP contribution in [-0.4, -0.2) is 0 Å². The van der Waals surface area contributed by atoms with Crippen LogP contribution in [0, 0.1) is 0 Å². The van der Waals surface area contributed by atoms with E-state index in [1.807, 2.05) is 17.8 Å². The Kier molecular flexibility index (Phi) is 8.24. The van der Waals surface area contributed by atoms with Gasteiger partial charge in [-0.15, -0.1) is 0 Å². The molecule has 4 heteroatoms. The summed E-state index contributed by atoms with van der Waals surface area (Å²) in [6.07, 6.45) is 0. The fourth-order valence-corrected chi connectivity index (χ4v) is 14.5. The van der Waals surface area contributed by atoms with Gasteiger partial charge in [0.1, 0.15) is 22.7 Å². The van der Waals surface area contributed by atoms with Gasteiger partial charge in [-0.2, -0.15) is 0 Å². The Bertz CT molecular complexity index is 4170.